The lowest BCUT2D eigenvalue weighted by molar-refractivity contribution is 1.18. The Kier molecular flexibility index (Phi) is 3.78. The van der Waals surface area contributed by atoms with Crippen LogP contribution in [0.4, 0.5) is 0 Å². The van der Waals surface area contributed by atoms with Crippen molar-refractivity contribution >= 4 is 32.4 Å². The van der Waals surface area contributed by atoms with Crippen LogP contribution in [0.1, 0.15) is 0 Å². The van der Waals surface area contributed by atoms with Gasteiger partial charge in [0.1, 0.15) is 5.69 Å². The minimum Gasteiger partial charge on any atom is -0.244 e. The van der Waals surface area contributed by atoms with Crippen LogP contribution in [0.3, 0.4) is 0 Å². The molecule has 6 rings (SSSR count). The topological polar surface area (TPSA) is 38.7 Å². The Balaban J connectivity index is 1.57. The Bertz CT molecular complexity index is 1550. The molecule has 4 aromatic carbocycles. The minimum absolute atomic E-state index is 0.639. The Morgan fingerprint density at radius 1 is 0.500 bits per heavy atom. The lowest BCUT2D eigenvalue weighted by Gasteiger charge is -2.11. The van der Waals surface area contributed by atoms with Crippen LogP contribution in [0.25, 0.3) is 55.2 Å². The number of hydrogen-bond donors (Lipinski definition) is 0. The zero-order valence-corrected chi connectivity index (χ0v) is 16.2. The van der Waals surface area contributed by atoms with Crippen LogP contribution >= 0.6 is 0 Å². The second-order valence-electron chi connectivity index (χ2n) is 7.35. The molecule has 0 atom stereocenters. The van der Waals surface area contributed by atoms with E-state index >= 15 is 0 Å². The summed E-state index contributed by atoms with van der Waals surface area (Å²) in [6.07, 6.45) is 1.86. The van der Waals surface area contributed by atoms with Crippen molar-refractivity contribution in [3.63, 3.8) is 0 Å². The first kappa shape index (κ1) is 16.8. The molecule has 30 heavy (non-hydrogen) atoms. The standard InChI is InChI=1S/C27H17N3/c1-3-10-20-18(8-1)16-23(22-12-5-4-11-21(20)22)25-14-7-15-26(29-25)27-28-17-19-9-2-6-13-24(19)30-27/h1-17H. The molecule has 0 aliphatic heterocycles. The van der Waals surface area contributed by atoms with Crippen molar-refractivity contribution in [3.05, 3.63) is 103 Å². The summed E-state index contributed by atoms with van der Waals surface area (Å²) in [6, 6.07) is 33.3. The van der Waals surface area contributed by atoms with Crippen LogP contribution in [0, 0.1) is 0 Å². The van der Waals surface area contributed by atoms with Gasteiger partial charge in [0.25, 0.3) is 0 Å². The number of pyridine rings is 1. The van der Waals surface area contributed by atoms with E-state index in [0.29, 0.717) is 5.82 Å². The van der Waals surface area contributed by atoms with Crippen molar-refractivity contribution in [2.75, 3.05) is 0 Å². The fourth-order valence-electron chi connectivity index (χ4n) is 4.07. The van der Waals surface area contributed by atoms with E-state index in [1.54, 1.807) is 0 Å². The predicted molar refractivity (Wildman–Crippen MR) is 123 cm³/mol. The quantitative estimate of drug-likeness (QED) is 0.314. The van der Waals surface area contributed by atoms with Crippen LogP contribution in [0.5, 0.6) is 0 Å². The molecule has 0 amide bonds. The number of benzene rings is 4. The molecule has 3 heteroatoms. The summed E-state index contributed by atoms with van der Waals surface area (Å²) in [5.41, 5.74) is 3.74. The Labute approximate surface area is 173 Å². The average Bonchev–Trinajstić information content (AvgIpc) is 2.83. The van der Waals surface area contributed by atoms with E-state index < -0.39 is 0 Å². The van der Waals surface area contributed by atoms with Crippen LogP contribution < -0.4 is 0 Å². The van der Waals surface area contributed by atoms with Crippen molar-refractivity contribution in [1.82, 2.24) is 15.0 Å². The summed E-state index contributed by atoms with van der Waals surface area (Å²) in [4.78, 5) is 14.2. The van der Waals surface area contributed by atoms with E-state index in [1.807, 2.05) is 42.6 Å². The van der Waals surface area contributed by atoms with Gasteiger partial charge in [0.2, 0.25) is 0 Å². The normalized spacial score (nSPS) is 11.3. The van der Waals surface area contributed by atoms with E-state index in [1.165, 1.54) is 21.5 Å². The second-order valence-corrected chi connectivity index (χ2v) is 7.35. The van der Waals surface area contributed by atoms with Crippen LogP contribution in [-0.4, -0.2) is 15.0 Å². The largest absolute Gasteiger partial charge is 0.244 e. The molecule has 0 bridgehead atoms. The van der Waals surface area contributed by atoms with E-state index in [-0.39, 0.29) is 0 Å². The Morgan fingerprint density at radius 2 is 1.20 bits per heavy atom. The van der Waals surface area contributed by atoms with Gasteiger partial charge >= 0.3 is 0 Å². The van der Waals surface area contributed by atoms with Gasteiger partial charge in [0, 0.05) is 17.1 Å². The van der Waals surface area contributed by atoms with Gasteiger partial charge in [-0.2, -0.15) is 0 Å². The summed E-state index contributed by atoms with van der Waals surface area (Å²) in [6.45, 7) is 0. The number of hydrogen-bond acceptors (Lipinski definition) is 3. The van der Waals surface area contributed by atoms with Gasteiger partial charge in [-0.25, -0.2) is 15.0 Å². The highest BCUT2D eigenvalue weighted by Crippen LogP contribution is 2.34. The molecule has 140 valence electrons. The Morgan fingerprint density at radius 3 is 2.10 bits per heavy atom. The van der Waals surface area contributed by atoms with Crippen LogP contribution in [0.2, 0.25) is 0 Å². The highest BCUT2D eigenvalue weighted by molar-refractivity contribution is 6.13. The molecule has 0 N–H and O–H groups in total. The van der Waals surface area contributed by atoms with Gasteiger partial charge in [-0.3, -0.25) is 0 Å². The third-order valence-corrected chi connectivity index (χ3v) is 5.51. The van der Waals surface area contributed by atoms with Crippen molar-refractivity contribution in [2.45, 2.75) is 0 Å². The molecule has 0 aliphatic rings. The van der Waals surface area contributed by atoms with Gasteiger partial charge in [0.05, 0.1) is 11.2 Å². The van der Waals surface area contributed by atoms with Gasteiger partial charge < -0.3 is 0 Å². The second kappa shape index (κ2) is 6.75. The lowest BCUT2D eigenvalue weighted by Crippen LogP contribution is -1.94. The van der Waals surface area contributed by atoms with E-state index in [9.17, 15) is 0 Å². The van der Waals surface area contributed by atoms with E-state index in [4.69, 9.17) is 9.97 Å². The zero-order chi connectivity index (χ0) is 19.9. The minimum atomic E-state index is 0.639. The monoisotopic (exact) mass is 383 g/mol. The number of fused-ring (bicyclic) bond motifs is 4. The number of nitrogens with zero attached hydrogens (tertiary/aromatic N) is 3. The summed E-state index contributed by atoms with van der Waals surface area (Å²) in [5.74, 6) is 0.639. The summed E-state index contributed by atoms with van der Waals surface area (Å²) >= 11 is 0. The van der Waals surface area contributed by atoms with Gasteiger partial charge in [-0.15, -0.1) is 0 Å². The molecule has 0 aliphatic carbocycles. The highest BCUT2D eigenvalue weighted by Gasteiger charge is 2.11. The smallest absolute Gasteiger partial charge is 0.178 e. The number of para-hydroxylation sites is 1. The molecule has 2 heterocycles. The maximum Gasteiger partial charge on any atom is 0.178 e. The molecule has 2 aromatic heterocycles. The van der Waals surface area contributed by atoms with Crippen LogP contribution in [-0.2, 0) is 0 Å². The molecule has 6 aromatic rings. The van der Waals surface area contributed by atoms with Crippen LogP contribution in [0.15, 0.2) is 103 Å². The van der Waals surface area contributed by atoms with Gasteiger partial charge in [0.15, 0.2) is 5.82 Å². The van der Waals surface area contributed by atoms with Crippen molar-refractivity contribution in [2.24, 2.45) is 0 Å². The molecule has 3 nitrogen and oxygen atoms in total. The number of aromatic nitrogens is 3. The first-order chi connectivity index (χ1) is 14.9. The predicted octanol–water partition coefficient (Wildman–Crippen LogP) is 6.67. The Hall–Kier alpha value is -4.11. The SMILES string of the molecule is c1cc(-c2ncc3ccccc3n2)nc(-c2cc3ccccc3c3ccccc23)c1. The summed E-state index contributed by atoms with van der Waals surface area (Å²) < 4.78 is 0. The molecular formula is C27H17N3. The first-order valence-corrected chi connectivity index (χ1v) is 9.97. The maximum absolute atomic E-state index is 4.95. The third-order valence-electron chi connectivity index (χ3n) is 5.51. The lowest BCUT2D eigenvalue weighted by atomic mass is 9.95. The maximum atomic E-state index is 4.95. The molecule has 0 fully saturated rings. The highest BCUT2D eigenvalue weighted by atomic mass is 14.9. The van der Waals surface area contributed by atoms with Crippen molar-refractivity contribution < 1.29 is 0 Å². The third kappa shape index (κ3) is 2.72. The fraction of sp³-hybridized carbons (Fsp3) is 0. The fourth-order valence-corrected chi connectivity index (χ4v) is 4.07. The molecule has 0 radical (unpaired) electrons. The molecule has 0 spiro atoms. The van der Waals surface area contributed by atoms with E-state index in [2.05, 4.69) is 65.6 Å². The molecule has 0 saturated heterocycles. The first-order valence-electron chi connectivity index (χ1n) is 9.97. The number of rotatable bonds is 2. The van der Waals surface area contributed by atoms with Crippen molar-refractivity contribution in [1.29, 1.82) is 0 Å². The molecule has 0 saturated carbocycles. The van der Waals surface area contributed by atoms with Crippen molar-refractivity contribution in [3.8, 4) is 22.8 Å². The van der Waals surface area contributed by atoms with Gasteiger partial charge in [-0.1, -0.05) is 72.8 Å². The molecule has 0 unspecified atom stereocenters. The zero-order valence-electron chi connectivity index (χ0n) is 16.2. The van der Waals surface area contributed by atoms with Gasteiger partial charge in [-0.05, 0) is 45.8 Å². The average molecular weight is 383 g/mol. The summed E-state index contributed by atoms with van der Waals surface area (Å²) in [5, 5.41) is 5.92. The van der Waals surface area contributed by atoms with E-state index in [0.717, 1.165) is 27.9 Å². The summed E-state index contributed by atoms with van der Waals surface area (Å²) in [7, 11) is 0. The molecular weight excluding hydrogens is 366 g/mol.